The lowest BCUT2D eigenvalue weighted by Crippen LogP contribution is -2.24. The van der Waals surface area contributed by atoms with Crippen LogP contribution in [0, 0.1) is 0 Å². The summed E-state index contributed by atoms with van der Waals surface area (Å²) in [7, 11) is 0. The molecule has 0 aliphatic heterocycles. The minimum atomic E-state index is -0.632. The third-order valence-corrected chi connectivity index (χ3v) is 6.42. The van der Waals surface area contributed by atoms with Crippen LogP contribution in [0.15, 0.2) is 46.8 Å². The number of ether oxygens (including phenoxy) is 1. The summed E-state index contributed by atoms with van der Waals surface area (Å²) < 4.78 is 5.24. The highest BCUT2D eigenvalue weighted by Crippen LogP contribution is 2.32. The van der Waals surface area contributed by atoms with Crippen LogP contribution in [0.5, 0.6) is 0 Å². The van der Waals surface area contributed by atoms with Crippen molar-refractivity contribution in [1.82, 2.24) is 10.2 Å². The van der Waals surface area contributed by atoms with Crippen LogP contribution in [0.3, 0.4) is 0 Å². The first-order valence-corrected chi connectivity index (χ1v) is 11.3. The van der Waals surface area contributed by atoms with Crippen LogP contribution in [-0.2, 0) is 9.53 Å². The maximum absolute atomic E-state index is 13.0. The molecule has 0 fully saturated rings. The van der Waals surface area contributed by atoms with Crippen LogP contribution in [0.4, 0.5) is 15.6 Å². The third kappa shape index (κ3) is 4.39. The van der Waals surface area contributed by atoms with E-state index in [-0.39, 0.29) is 51.8 Å². The molecule has 11 heteroatoms. The summed E-state index contributed by atoms with van der Waals surface area (Å²) in [5.74, 6) is -0.942. The standard InChI is InChI=1S/C21H16N4O5S2/c1-2-30-20(29)23-19-24-25-21(32-19)31-10-15(26)22-14-9-5-8-13-16(14)18(28)12-7-4-3-6-11(12)17(13)27/h3-9H,2,10H2,1H3,(H,22,26)(H,23,24,29). The lowest BCUT2D eigenvalue weighted by Gasteiger charge is -2.20. The van der Waals surface area contributed by atoms with Gasteiger partial charge in [-0.25, -0.2) is 4.79 Å². The van der Waals surface area contributed by atoms with Crippen LogP contribution in [-0.4, -0.2) is 46.1 Å². The van der Waals surface area contributed by atoms with Crippen LogP contribution in [0.25, 0.3) is 0 Å². The molecule has 2 amide bonds. The van der Waals surface area contributed by atoms with Gasteiger partial charge in [0.2, 0.25) is 11.0 Å². The molecule has 2 aromatic carbocycles. The van der Waals surface area contributed by atoms with Gasteiger partial charge in [0, 0.05) is 16.7 Å². The summed E-state index contributed by atoms with van der Waals surface area (Å²) in [5.41, 5.74) is 1.40. The zero-order valence-electron chi connectivity index (χ0n) is 16.7. The summed E-state index contributed by atoms with van der Waals surface area (Å²) in [4.78, 5) is 49.7. The van der Waals surface area contributed by atoms with Crippen molar-refractivity contribution >= 4 is 57.5 Å². The molecular formula is C21H16N4O5S2. The number of anilines is 2. The van der Waals surface area contributed by atoms with Gasteiger partial charge in [-0.05, 0) is 13.0 Å². The fourth-order valence-corrected chi connectivity index (χ4v) is 4.67. The van der Waals surface area contributed by atoms with E-state index in [1.807, 2.05) is 0 Å². The number of fused-ring (bicyclic) bond motifs is 2. The van der Waals surface area contributed by atoms with Gasteiger partial charge in [0.15, 0.2) is 15.9 Å². The van der Waals surface area contributed by atoms with Crippen molar-refractivity contribution in [3.63, 3.8) is 0 Å². The lowest BCUT2D eigenvalue weighted by molar-refractivity contribution is -0.113. The van der Waals surface area contributed by atoms with E-state index in [1.54, 1.807) is 49.4 Å². The molecule has 162 valence electrons. The van der Waals surface area contributed by atoms with Gasteiger partial charge in [0.1, 0.15) is 0 Å². The van der Waals surface area contributed by atoms with Gasteiger partial charge in [-0.2, -0.15) is 0 Å². The average molecular weight is 469 g/mol. The van der Waals surface area contributed by atoms with Gasteiger partial charge in [-0.15, -0.1) is 10.2 Å². The van der Waals surface area contributed by atoms with Gasteiger partial charge in [-0.1, -0.05) is 59.5 Å². The van der Waals surface area contributed by atoms with E-state index in [0.717, 1.165) is 23.1 Å². The largest absolute Gasteiger partial charge is 0.450 e. The third-order valence-electron chi connectivity index (χ3n) is 4.44. The monoisotopic (exact) mass is 468 g/mol. The minimum Gasteiger partial charge on any atom is -0.450 e. The Labute approximate surface area is 190 Å². The lowest BCUT2D eigenvalue weighted by atomic mass is 9.83. The van der Waals surface area contributed by atoms with E-state index in [1.165, 1.54) is 0 Å². The second kappa shape index (κ2) is 9.28. The molecule has 1 aliphatic carbocycles. The molecule has 2 N–H and O–H groups in total. The van der Waals surface area contributed by atoms with E-state index in [9.17, 15) is 19.2 Å². The van der Waals surface area contributed by atoms with Crippen molar-refractivity contribution in [1.29, 1.82) is 0 Å². The zero-order chi connectivity index (χ0) is 22.7. The fourth-order valence-electron chi connectivity index (χ4n) is 3.14. The Hall–Kier alpha value is -3.57. The number of hydrogen-bond acceptors (Lipinski definition) is 9. The number of benzene rings is 2. The fraction of sp³-hybridized carbons (Fsp3) is 0.143. The quantitative estimate of drug-likeness (QED) is 0.324. The average Bonchev–Trinajstić information content (AvgIpc) is 3.23. The summed E-state index contributed by atoms with van der Waals surface area (Å²) >= 11 is 2.23. The molecule has 1 aromatic heterocycles. The molecule has 0 saturated carbocycles. The van der Waals surface area contributed by atoms with Gasteiger partial charge in [-0.3, -0.25) is 19.7 Å². The number of hydrogen-bond donors (Lipinski definition) is 2. The van der Waals surface area contributed by atoms with Crippen LogP contribution >= 0.6 is 23.1 Å². The Bertz CT molecular complexity index is 1240. The van der Waals surface area contributed by atoms with Crippen LogP contribution in [0.2, 0.25) is 0 Å². The summed E-state index contributed by atoms with van der Waals surface area (Å²) in [5, 5.41) is 13.1. The highest BCUT2D eigenvalue weighted by Gasteiger charge is 2.31. The normalized spacial score (nSPS) is 12.0. The Balaban J connectivity index is 1.44. The SMILES string of the molecule is CCOC(=O)Nc1nnc(SCC(=O)Nc2cccc3c2C(=O)c2ccccc2C3=O)s1. The van der Waals surface area contributed by atoms with Crippen molar-refractivity contribution in [3.05, 3.63) is 64.7 Å². The molecule has 0 unspecified atom stereocenters. The number of aromatic nitrogens is 2. The Morgan fingerprint density at radius 1 is 0.969 bits per heavy atom. The molecule has 4 rings (SSSR count). The van der Waals surface area contributed by atoms with Crippen molar-refractivity contribution in [2.24, 2.45) is 0 Å². The van der Waals surface area contributed by atoms with Crippen molar-refractivity contribution in [2.75, 3.05) is 23.0 Å². The summed E-state index contributed by atoms with van der Waals surface area (Å²) in [6.07, 6.45) is -0.632. The molecule has 1 aliphatic rings. The van der Waals surface area contributed by atoms with E-state index in [4.69, 9.17) is 4.74 Å². The van der Waals surface area contributed by atoms with E-state index in [0.29, 0.717) is 15.5 Å². The Morgan fingerprint density at radius 2 is 1.69 bits per heavy atom. The second-order valence-corrected chi connectivity index (χ2v) is 8.69. The van der Waals surface area contributed by atoms with E-state index >= 15 is 0 Å². The topological polar surface area (TPSA) is 127 Å². The molecule has 9 nitrogen and oxygen atoms in total. The molecule has 0 saturated heterocycles. The maximum Gasteiger partial charge on any atom is 0.413 e. The van der Waals surface area contributed by atoms with Gasteiger partial charge in [0.25, 0.3) is 0 Å². The molecule has 3 aromatic rings. The Kier molecular flexibility index (Phi) is 6.28. The smallest absolute Gasteiger partial charge is 0.413 e. The zero-order valence-corrected chi connectivity index (χ0v) is 18.3. The number of nitrogens with zero attached hydrogens (tertiary/aromatic N) is 2. The van der Waals surface area contributed by atoms with Gasteiger partial charge >= 0.3 is 6.09 Å². The number of carbonyl (C=O) groups is 4. The van der Waals surface area contributed by atoms with Crippen LogP contribution < -0.4 is 10.6 Å². The van der Waals surface area contributed by atoms with Crippen molar-refractivity contribution < 1.29 is 23.9 Å². The molecule has 32 heavy (non-hydrogen) atoms. The first-order valence-electron chi connectivity index (χ1n) is 9.49. The van der Waals surface area contributed by atoms with Crippen LogP contribution in [0.1, 0.15) is 38.8 Å². The highest BCUT2D eigenvalue weighted by molar-refractivity contribution is 8.01. The molecule has 0 bridgehead atoms. The second-order valence-electron chi connectivity index (χ2n) is 6.49. The van der Waals surface area contributed by atoms with Crippen molar-refractivity contribution in [2.45, 2.75) is 11.3 Å². The number of thioether (sulfide) groups is 1. The van der Waals surface area contributed by atoms with E-state index < -0.39 is 6.09 Å². The Morgan fingerprint density at radius 3 is 2.44 bits per heavy atom. The number of amides is 2. The molecule has 0 radical (unpaired) electrons. The number of rotatable bonds is 6. The van der Waals surface area contributed by atoms with Gasteiger partial charge < -0.3 is 10.1 Å². The molecule has 0 spiro atoms. The first kappa shape index (κ1) is 21.7. The highest BCUT2D eigenvalue weighted by atomic mass is 32.2. The minimum absolute atomic E-state index is 0.00354. The first-order chi connectivity index (χ1) is 15.5. The predicted molar refractivity (Wildman–Crippen MR) is 120 cm³/mol. The predicted octanol–water partition coefficient (Wildman–Crippen LogP) is 3.61. The van der Waals surface area contributed by atoms with Gasteiger partial charge in [0.05, 0.1) is 23.6 Å². The maximum atomic E-state index is 13.0. The number of nitrogens with one attached hydrogen (secondary N) is 2. The molecule has 0 atom stereocenters. The number of carbonyl (C=O) groups excluding carboxylic acids is 4. The molecular weight excluding hydrogens is 452 g/mol. The van der Waals surface area contributed by atoms with Crippen molar-refractivity contribution in [3.8, 4) is 0 Å². The number of ketones is 2. The summed E-state index contributed by atoms with van der Waals surface area (Å²) in [6.45, 7) is 1.92. The van der Waals surface area contributed by atoms with E-state index in [2.05, 4.69) is 20.8 Å². The molecule has 1 heterocycles. The summed E-state index contributed by atoms with van der Waals surface area (Å²) in [6, 6.07) is 11.4.